The van der Waals surface area contributed by atoms with Crippen molar-refractivity contribution in [2.75, 3.05) is 6.54 Å². The van der Waals surface area contributed by atoms with Crippen LogP contribution in [-0.2, 0) is 6.42 Å². The van der Waals surface area contributed by atoms with E-state index in [1.165, 1.54) is 25.7 Å². The summed E-state index contributed by atoms with van der Waals surface area (Å²) in [6, 6.07) is 0.892. The summed E-state index contributed by atoms with van der Waals surface area (Å²) in [5.41, 5.74) is 0. The fourth-order valence-electron chi connectivity index (χ4n) is 2.87. The second-order valence-corrected chi connectivity index (χ2v) is 5.89. The van der Waals surface area contributed by atoms with Gasteiger partial charge >= 0.3 is 0 Å². The minimum absolute atomic E-state index is 0.380. The minimum Gasteiger partial charge on any atom is -0.314 e. The van der Waals surface area contributed by atoms with Gasteiger partial charge < -0.3 is 5.32 Å². The van der Waals surface area contributed by atoms with Gasteiger partial charge in [-0.25, -0.2) is 9.67 Å². The van der Waals surface area contributed by atoms with Crippen LogP contribution in [0.15, 0.2) is 6.33 Å². The van der Waals surface area contributed by atoms with E-state index < -0.39 is 0 Å². The molecule has 116 valence electrons. The van der Waals surface area contributed by atoms with Crippen LogP contribution >= 0.6 is 0 Å². The highest BCUT2D eigenvalue weighted by Crippen LogP contribution is 2.20. The highest BCUT2D eigenvalue weighted by Gasteiger charge is 2.21. The lowest BCUT2D eigenvalue weighted by Crippen LogP contribution is -2.38. The normalized spacial score (nSPS) is 14.7. The molecule has 0 radical (unpaired) electrons. The molecule has 0 saturated heterocycles. The van der Waals surface area contributed by atoms with Crippen LogP contribution in [0.4, 0.5) is 0 Å². The summed E-state index contributed by atoms with van der Waals surface area (Å²) in [5, 5.41) is 8.02. The molecule has 0 aliphatic rings. The molecule has 0 bridgehead atoms. The third kappa shape index (κ3) is 4.89. The van der Waals surface area contributed by atoms with E-state index in [2.05, 4.69) is 54.7 Å². The Balaban J connectivity index is 2.76. The highest BCUT2D eigenvalue weighted by atomic mass is 15.3. The first-order chi connectivity index (χ1) is 9.63. The van der Waals surface area contributed by atoms with Crippen molar-refractivity contribution in [3.05, 3.63) is 12.2 Å². The Morgan fingerprint density at radius 3 is 2.55 bits per heavy atom. The maximum absolute atomic E-state index is 4.47. The van der Waals surface area contributed by atoms with E-state index in [-0.39, 0.29) is 0 Å². The smallest absolute Gasteiger partial charge is 0.138 e. The van der Waals surface area contributed by atoms with E-state index in [1.807, 2.05) is 0 Å². The number of hydrogen-bond acceptors (Lipinski definition) is 3. The van der Waals surface area contributed by atoms with Crippen molar-refractivity contribution < 1.29 is 0 Å². The fourth-order valence-corrected chi connectivity index (χ4v) is 2.87. The minimum atomic E-state index is 0.380. The van der Waals surface area contributed by atoms with Crippen LogP contribution < -0.4 is 5.32 Å². The number of nitrogens with zero attached hydrogens (tertiary/aromatic N) is 3. The summed E-state index contributed by atoms with van der Waals surface area (Å²) in [6.07, 6.45) is 7.79. The molecular formula is C16H32N4. The third-order valence-electron chi connectivity index (χ3n) is 4.03. The van der Waals surface area contributed by atoms with Gasteiger partial charge in [0.2, 0.25) is 0 Å². The largest absolute Gasteiger partial charge is 0.314 e. The molecule has 0 saturated carbocycles. The monoisotopic (exact) mass is 280 g/mol. The van der Waals surface area contributed by atoms with Crippen LogP contribution in [0.3, 0.4) is 0 Å². The Bertz CT molecular complexity index is 359. The van der Waals surface area contributed by atoms with Gasteiger partial charge in [-0.2, -0.15) is 5.10 Å². The van der Waals surface area contributed by atoms with Gasteiger partial charge in [-0.1, -0.05) is 40.0 Å². The third-order valence-corrected chi connectivity index (χ3v) is 4.03. The van der Waals surface area contributed by atoms with Gasteiger partial charge in [-0.15, -0.1) is 0 Å². The van der Waals surface area contributed by atoms with Crippen molar-refractivity contribution >= 4 is 0 Å². The zero-order chi connectivity index (χ0) is 15.0. The number of likely N-dealkylation sites (N-methyl/N-ethyl adjacent to an activating group) is 1. The molecule has 20 heavy (non-hydrogen) atoms. The molecule has 1 aromatic rings. The first kappa shape index (κ1) is 17.2. The fraction of sp³-hybridized carbons (Fsp3) is 0.875. The summed E-state index contributed by atoms with van der Waals surface area (Å²) < 4.78 is 2.05. The summed E-state index contributed by atoms with van der Waals surface area (Å²) >= 11 is 0. The average molecular weight is 280 g/mol. The summed E-state index contributed by atoms with van der Waals surface area (Å²) in [6.45, 7) is 12.1. The number of rotatable bonds is 10. The summed E-state index contributed by atoms with van der Waals surface area (Å²) in [4.78, 5) is 4.47. The van der Waals surface area contributed by atoms with Gasteiger partial charge in [0.15, 0.2) is 0 Å². The van der Waals surface area contributed by atoms with E-state index in [0.717, 1.165) is 24.7 Å². The van der Waals surface area contributed by atoms with Crippen LogP contribution in [-0.4, -0.2) is 27.4 Å². The molecule has 4 nitrogen and oxygen atoms in total. The Kier molecular flexibility index (Phi) is 7.82. The summed E-state index contributed by atoms with van der Waals surface area (Å²) in [7, 11) is 0. The maximum Gasteiger partial charge on any atom is 0.138 e. The van der Waals surface area contributed by atoms with E-state index in [1.54, 1.807) is 6.33 Å². The molecule has 2 atom stereocenters. The Labute approximate surface area is 124 Å². The zero-order valence-electron chi connectivity index (χ0n) is 13.9. The number of aromatic nitrogens is 3. The van der Waals surface area contributed by atoms with Crippen molar-refractivity contribution in [2.24, 2.45) is 5.92 Å². The Morgan fingerprint density at radius 1 is 1.25 bits per heavy atom. The van der Waals surface area contributed by atoms with Crippen LogP contribution in [0, 0.1) is 5.92 Å². The molecule has 0 spiro atoms. The Hall–Kier alpha value is -0.900. The lowest BCUT2D eigenvalue weighted by atomic mass is 9.89. The van der Waals surface area contributed by atoms with Crippen molar-refractivity contribution in [3.63, 3.8) is 0 Å². The molecule has 2 unspecified atom stereocenters. The molecule has 1 N–H and O–H groups in total. The molecular weight excluding hydrogens is 248 g/mol. The predicted molar refractivity (Wildman–Crippen MR) is 84.9 cm³/mol. The number of nitrogens with one attached hydrogen (secondary N) is 1. The molecule has 4 heteroatoms. The summed E-state index contributed by atoms with van der Waals surface area (Å²) in [5.74, 6) is 1.84. The lowest BCUT2D eigenvalue weighted by molar-refractivity contribution is 0.310. The van der Waals surface area contributed by atoms with Crippen LogP contribution in [0.5, 0.6) is 0 Å². The number of unbranched alkanes of at least 4 members (excludes halogenated alkanes) is 1. The van der Waals surface area contributed by atoms with Gasteiger partial charge in [-0.3, -0.25) is 0 Å². The highest BCUT2D eigenvalue weighted by molar-refractivity contribution is 4.93. The molecule has 1 rings (SSSR count). The van der Waals surface area contributed by atoms with Gasteiger partial charge in [0, 0.05) is 18.5 Å². The molecule has 0 fully saturated rings. The zero-order valence-corrected chi connectivity index (χ0v) is 13.9. The lowest BCUT2D eigenvalue weighted by Gasteiger charge is -2.27. The van der Waals surface area contributed by atoms with E-state index in [9.17, 15) is 0 Å². The number of hydrogen-bond donors (Lipinski definition) is 1. The maximum atomic E-state index is 4.47. The molecule has 0 amide bonds. The van der Waals surface area contributed by atoms with Crippen LogP contribution in [0.2, 0.25) is 0 Å². The van der Waals surface area contributed by atoms with E-state index in [4.69, 9.17) is 0 Å². The first-order valence-electron chi connectivity index (χ1n) is 8.25. The Morgan fingerprint density at radius 2 is 2.00 bits per heavy atom. The predicted octanol–water partition coefficient (Wildman–Crippen LogP) is 3.60. The van der Waals surface area contributed by atoms with Crippen LogP contribution in [0.25, 0.3) is 0 Å². The standard InChI is InChI=1S/C16H32N4/c1-6-9-10-14(7-2)15(17-8-3)11-16-18-12-19-20(16)13(4)5/h12-15,17H,6-11H2,1-5H3. The van der Waals surface area contributed by atoms with Crippen molar-refractivity contribution in [2.45, 2.75) is 78.8 Å². The molecule has 0 aliphatic heterocycles. The second-order valence-electron chi connectivity index (χ2n) is 5.89. The average Bonchev–Trinajstić information content (AvgIpc) is 2.88. The topological polar surface area (TPSA) is 42.7 Å². The SMILES string of the molecule is CCCCC(CC)C(Cc1ncnn1C(C)C)NCC. The van der Waals surface area contributed by atoms with Gasteiger partial charge in [0.25, 0.3) is 0 Å². The molecule has 0 aromatic carbocycles. The van der Waals surface area contributed by atoms with Crippen molar-refractivity contribution in [3.8, 4) is 0 Å². The molecule has 1 aromatic heterocycles. The van der Waals surface area contributed by atoms with Gasteiger partial charge in [0.05, 0.1) is 0 Å². The van der Waals surface area contributed by atoms with Crippen molar-refractivity contribution in [1.29, 1.82) is 0 Å². The van der Waals surface area contributed by atoms with Gasteiger partial charge in [0.1, 0.15) is 12.2 Å². The van der Waals surface area contributed by atoms with Crippen LogP contribution in [0.1, 0.15) is 72.2 Å². The quantitative estimate of drug-likeness (QED) is 0.712. The molecule has 0 aliphatic carbocycles. The van der Waals surface area contributed by atoms with E-state index in [0.29, 0.717) is 12.1 Å². The second kappa shape index (κ2) is 9.11. The molecule has 1 heterocycles. The first-order valence-corrected chi connectivity index (χ1v) is 8.25. The van der Waals surface area contributed by atoms with Crippen molar-refractivity contribution in [1.82, 2.24) is 20.1 Å². The van der Waals surface area contributed by atoms with Gasteiger partial charge in [-0.05, 0) is 32.7 Å². The van der Waals surface area contributed by atoms with E-state index >= 15 is 0 Å².